The van der Waals surface area contributed by atoms with Gasteiger partial charge in [-0.05, 0) is 56.9 Å². The third-order valence-electron chi connectivity index (χ3n) is 6.51. The molecule has 0 bridgehead atoms. The van der Waals surface area contributed by atoms with E-state index in [2.05, 4.69) is 5.32 Å². The molecule has 2 saturated heterocycles. The fourth-order valence-corrected chi connectivity index (χ4v) is 4.85. The van der Waals surface area contributed by atoms with Crippen LogP contribution < -0.4 is 5.32 Å². The van der Waals surface area contributed by atoms with Gasteiger partial charge in [-0.25, -0.2) is 4.79 Å². The molecule has 2 aliphatic rings. The molecule has 3 unspecified atom stereocenters. The van der Waals surface area contributed by atoms with E-state index in [1.807, 2.05) is 30.3 Å². The molecule has 0 saturated carbocycles. The lowest BCUT2D eigenvalue weighted by Crippen LogP contribution is -2.61. The van der Waals surface area contributed by atoms with Gasteiger partial charge >= 0.3 is 11.9 Å². The minimum atomic E-state index is -0.979. The van der Waals surface area contributed by atoms with E-state index >= 15 is 0 Å². The molecule has 0 aliphatic carbocycles. The summed E-state index contributed by atoms with van der Waals surface area (Å²) in [5.74, 6) is -1.62. The van der Waals surface area contributed by atoms with Crippen LogP contribution in [-0.4, -0.2) is 72.3 Å². The number of carbonyl (C=O) groups excluding carboxylic acids is 2. The van der Waals surface area contributed by atoms with Gasteiger partial charge in [0.1, 0.15) is 12.1 Å². The second-order valence-corrected chi connectivity index (χ2v) is 8.61. The van der Waals surface area contributed by atoms with Gasteiger partial charge in [-0.2, -0.15) is 0 Å². The molecule has 32 heavy (non-hydrogen) atoms. The molecule has 176 valence electrons. The Labute approximate surface area is 189 Å². The summed E-state index contributed by atoms with van der Waals surface area (Å²) in [7, 11) is 0. The molecule has 1 amide bonds. The molecule has 0 radical (unpaired) electrons. The van der Waals surface area contributed by atoms with Crippen molar-refractivity contribution >= 4 is 17.8 Å². The zero-order valence-corrected chi connectivity index (χ0v) is 18.9. The maximum absolute atomic E-state index is 13.3. The number of esters is 1. The van der Waals surface area contributed by atoms with Crippen LogP contribution in [0.15, 0.2) is 30.3 Å². The zero-order valence-electron chi connectivity index (χ0n) is 18.9. The van der Waals surface area contributed by atoms with Crippen molar-refractivity contribution in [2.24, 2.45) is 11.8 Å². The molecular formula is C24H34N2O6. The van der Waals surface area contributed by atoms with Crippen LogP contribution in [0, 0.1) is 11.8 Å². The highest BCUT2D eigenvalue weighted by molar-refractivity contribution is 5.88. The molecule has 2 heterocycles. The van der Waals surface area contributed by atoms with Crippen LogP contribution >= 0.6 is 0 Å². The van der Waals surface area contributed by atoms with Crippen LogP contribution in [0.2, 0.25) is 0 Å². The number of hydrogen-bond donors (Lipinski definition) is 2. The van der Waals surface area contributed by atoms with Crippen molar-refractivity contribution in [3.63, 3.8) is 0 Å². The molecule has 0 aromatic heterocycles. The number of carboxylic acid groups (broad SMARTS) is 1. The lowest BCUT2D eigenvalue weighted by atomic mass is 9.76. The average Bonchev–Trinajstić information content (AvgIpc) is 2.80. The fourth-order valence-electron chi connectivity index (χ4n) is 4.85. The Balaban J connectivity index is 1.68. The third kappa shape index (κ3) is 5.86. The van der Waals surface area contributed by atoms with E-state index in [0.29, 0.717) is 39.0 Å². The van der Waals surface area contributed by atoms with Crippen molar-refractivity contribution in [2.75, 3.05) is 26.4 Å². The predicted octanol–water partition coefficient (Wildman–Crippen LogP) is 1.87. The minimum absolute atomic E-state index is 0.106. The van der Waals surface area contributed by atoms with Crippen LogP contribution in [0.3, 0.4) is 0 Å². The molecule has 8 heteroatoms. The van der Waals surface area contributed by atoms with Gasteiger partial charge in [-0.3, -0.25) is 14.9 Å². The van der Waals surface area contributed by atoms with Crippen LogP contribution in [-0.2, 0) is 30.3 Å². The molecular weight excluding hydrogens is 412 g/mol. The van der Waals surface area contributed by atoms with Crippen molar-refractivity contribution in [2.45, 2.75) is 57.7 Å². The third-order valence-corrected chi connectivity index (χ3v) is 6.51. The number of amides is 1. The molecule has 2 N–H and O–H groups in total. The van der Waals surface area contributed by atoms with E-state index in [9.17, 15) is 19.5 Å². The Morgan fingerprint density at radius 3 is 2.69 bits per heavy atom. The first-order chi connectivity index (χ1) is 15.4. The predicted molar refractivity (Wildman–Crippen MR) is 118 cm³/mol. The quantitative estimate of drug-likeness (QED) is 0.558. The van der Waals surface area contributed by atoms with E-state index in [4.69, 9.17) is 9.47 Å². The number of ether oxygens (including phenoxy) is 2. The first kappa shape index (κ1) is 24.2. The summed E-state index contributed by atoms with van der Waals surface area (Å²) in [4.78, 5) is 39.4. The lowest BCUT2D eigenvalue weighted by molar-refractivity contribution is -0.162. The number of carboxylic acids is 1. The standard InChI is InChI=1S/C24H34N2O6/c1-3-32-24(30)20(10-9-17-7-5-4-6-8-17)25-16(2)22(27)26-13-11-18-15-31-14-12-19(18)21(26)23(28)29/h4-8,16,18-21,25H,3,9-15H2,1-2H3,(H,28,29)/t16?,18?,19?,20-,21-/m0/s1. The Bertz CT molecular complexity index is 786. The lowest BCUT2D eigenvalue weighted by Gasteiger charge is -2.46. The number of carbonyl (C=O) groups is 3. The molecule has 8 nitrogen and oxygen atoms in total. The highest BCUT2D eigenvalue weighted by Crippen LogP contribution is 2.35. The first-order valence-electron chi connectivity index (χ1n) is 11.5. The summed E-state index contributed by atoms with van der Waals surface area (Å²) in [5, 5.41) is 13.0. The van der Waals surface area contributed by atoms with Gasteiger partial charge in [0.2, 0.25) is 5.91 Å². The molecule has 2 aliphatic heterocycles. The summed E-state index contributed by atoms with van der Waals surface area (Å²) >= 11 is 0. The summed E-state index contributed by atoms with van der Waals surface area (Å²) < 4.78 is 10.7. The molecule has 5 atom stereocenters. The number of nitrogens with zero attached hydrogens (tertiary/aromatic N) is 1. The van der Waals surface area contributed by atoms with Crippen molar-refractivity contribution in [1.82, 2.24) is 10.2 Å². The maximum Gasteiger partial charge on any atom is 0.326 e. The van der Waals surface area contributed by atoms with E-state index in [-0.39, 0.29) is 24.3 Å². The van der Waals surface area contributed by atoms with Gasteiger partial charge in [-0.1, -0.05) is 30.3 Å². The summed E-state index contributed by atoms with van der Waals surface area (Å²) in [6.07, 6.45) is 2.49. The SMILES string of the molecule is CCOC(=O)[C@H](CCc1ccccc1)NC(C)C(=O)N1CCC2COCCC2[C@H]1C(=O)O. The second kappa shape index (κ2) is 11.4. The number of nitrogens with one attached hydrogen (secondary N) is 1. The fraction of sp³-hybridized carbons (Fsp3) is 0.625. The largest absolute Gasteiger partial charge is 0.480 e. The smallest absolute Gasteiger partial charge is 0.326 e. The Morgan fingerprint density at radius 1 is 1.25 bits per heavy atom. The van der Waals surface area contributed by atoms with Crippen LogP contribution in [0.5, 0.6) is 0 Å². The van der Waals surface area contributed by atoms with Crippen LogP contribution in [0.4, 0.5) is 0 Å². The highest BCUT2D eigenvalue weighted by Gasteiger charge is 2.46. The summed E-state index contributed by atoms with van der Waals surface area (Å²) in [5.41, 5.74) is 1.09. The van der Waals surface area contributed by atoms with Gasteiger partial charge in [0.25, 0.3) is 0 Å². The van der Waals surface area contributed by atoms with Gasteiger partial charge in [-0.15, -0.1) is 0 Å². The van der Waals surface area contributed by atoms with E-state index in [0.717, 1.165) is 12.0 Å². The summed E-state index contributed by atoms with van der Waals surface area (Å²) in [6, 6.07) is 7.58. The first-order valence-corrected chi connectivity index (χ1v) is 11.5. The van der Waals surface area contributed by atoms with Crippen molar-refractivity contribution < 1.29 is 29.0 Å². The van der Waals surface area contributed by atoms with Crippen molar-refractivity contribution in [1.29, 1.82) is 0 Å². The molecule has 0 spiro atoms. The van der Waals surface area contributed by atoms with Crippen LogP contribution in [0.25, 0.3) is 0 Å². The zero-order chi connectivity index (χ0) is 23.1. The number of likely N-dealkylation sites (tertiary alicyclic amines) is 1. The van der Waals surface area contributed by atoms with Gasteiger partial charge < -0.3 is 19.5 Å². The normalized spacial score (nSPS) is 24.8. The summed E-state index contributed by atoms with van der Waals surface area (Å²) in [6.45, 7) is 5.13. The topological polar surface area (TPSA) is 105 Å². The molecule has 3 rings (SSSR count). The molecule has 1 aromatic rings. The van der Waals surface area contributed by atoms with Crippen molar-refractivity contribution in [3.8, 4) is 0 Å². The number of fused-ring (bicyclic) bond motifs is 1. The average molecular weight is 447 g/mol. The Kier molecular flexibility index (Phi) is 8.64. The maximum atomic E-state index is 13.3. The van der Waals surface area contributed by atoms with Gasteiger partial charge in [0, 0.05) is 19.8 Å². The van der Waals surface area contributed by atoms with Gasteiger partial charge in [0.05, 0.1) is 12.6 Å². The number of benzene rings is 1. The van der Waals surface area contributed by atoms with E-state index in [1.165, 1.54) is 4.90 Å². The number of aliphatic carboxylic acids is 1. The van der Waals surface area contributed by atoms with Gasteiger partial charge in [0.15, 0.2) is 0 Å². The Hall–Kier alpha value is -2.45. The number of rotatable bonds is 9. The van der Waals surface area contributed by atoms with E-state index < -0.39 is 30.1 Å². The molecule has 2 fully saturated rings. The Morgan fingerprint density at radius 2 is 2.00 bits per heavy atom. The molecule has 1 aromatic carbocycles. The number of hydrogen-bond acceptors (Lipinski definition) is 6. The van der Waals surface area contributed by atoms with Crippen molar-refractivity contribution in [3.05, 3.63) is 35.9 Å². The highest BCUT2D eigenvalue weighted by atomic mass is 16.5. The number of aryl methyl sites for hydroxylation is 1. The van der Waals surface area contributed by atoms with Crippen LogP contribution in [0.1, 0.15) is 38.7 Å². The second-order valence-electron chi connectivity index (χ2n) is 8.61. The minimum Gasteiger partial charge on any atom is -0.480 e. The number of piperidine rings is 1. The van der Waals surface area contributed by atoms with E-state index in [1.54, 1.807) is 13.8 Å². The monoisotopic (exact) mass is 446 g/mol.